The summed E-state index contributed by atoms with van der Waals surface area (Å²) in [6.07, 6.45) is -4.32. The number of aliphatic hydroxyl groups excluding tert-OH is 3. The van der Waals surface area contributed by atoms with Crippen LogP contribution in [-0.2, 0) is 133 Å². The summed E-state index contributed by atoms with van der Waals surface area (Å²) in [5, 5.41) is 27.0. The highest BCUT2D eigenvalue weighted by molar-refractivity contribution is 8.13. The van der Waals surface area contributed by atoms with Crippen LogP contribution in [0.5, 0.6) is 0 Å². The predicted molar refractivity (Wildman–Crippen MR) is 288 cm³/mol. The molecule has 15 unspecified atom stereocenters. The molecule has 0 radical (unpaired) electrons. The second kappa shape index (κ2) is 57.3. The molecule has 0 aliphatic carbocycles. The maximum Gasteiger partial charge on any atom is 0.274 e. The summed E-state index contributed by atoms with van der Waals surface area (Å²) in [6.45, 7) is -3.32. The number of aliphatic hydroxyl groups is 3. The third kappa shape index (κ3) is 43.8. The molecule has 0 saturated carbocycles. The highest BCUT2D eigenvalue weighted by Gasteiger charge is 2.27. The standard InChI is InChI=1S/C29H62O32P16/c1-40-71(63-33)56-24(12-46-10-8-26(58-73(42-3)65-35)14-48-18-29(60-75(44-5)67-37)20-51-77(69-39)54-23-32)6-9-45-13-25(57-72(41-2)64-34)7-11-47-16-28(59-74(43-4)66-36)17-49-15-27(55-61-70(62)52-21-30)19-50-76(68-38)53-22-31/h24-32H,6-23,62H2,1-5H3. The average Bonchev–Trinajstić information content (AvgIpc) is 3.44. The zero-order valence-corrected chi connectivity index (χ0v) is 56.2. The summed E-state index contributed by atoms with van der Waals surface area (Å²) in [7, 11) is -9.47. The van der Waals surface area contributed by atoms with Crippen LogP contribution in [0.15, 0.2) is 0 Å². The maximum absolute atomic E-state index is 11.8. The van der Waals surface area contributed by atoms with E-state index in [1.807, 2.05) is 0 Å². The van der Waals surface area contributed by atoms with Crippen molar-refractivity contribution < 1.29 is 148 Å². The molecule has 3 N–H and O–H groups in total. The van der Waals surface area contributed by atoms with Crippen molar-refractivity contribution in [2.24, 2.45) is 0 Å². The van der Waals surface area contributed by atoms with Gasteiger partial charge in [0.1, 0.15) is 25.1 Å². The first kappa shape index (κ1) is 80.6. The van der Waals surface area contributed by atoms with Crippen LogP contribution in [0.3, 0.4) is 0 Å². The summed E-state index contributed by atoms with van der Waals surface area (Å²) in [5.41, 5.74) is 0. The van der Waals surface area contributed by atoms with Crippen LogP contribution in [0, 0.1) is 0 Å². The minimum atomic E-state index is -2.02. The predicted octanol–water partition coefficient (Wildman–Crippen LogP) is 11.4. The van der Waals surface area contributed by atoms with Gasteiger partial charge in [0, 0.05) is 55.4 Å². The molecule has 0 fully saturated rings. The van der Waals surface area contributed by atoms with Gasteiger partial charge in [-0.15, -0.1) is 0 Å². The highest BCUT2D eigenvalue weighted by Crippen LogP contribution is 2.56. The van der Waals surface area contributed by atoms with Gasteiger partial charge in [-0.2, -0.15) is 4.67 Å². The van der Waals surface area contributed by atoms with Crippen molar-refractivity contribution in [2.75, 3.05) is 135 Å². The van der Waals surface area contributed by atoms with Crippen molar-refractivity contribution in [3.05, 3.63) is 0 Å². The maximum atomic E-state index is 11.8. The van der Waals surface area contributed by atoms with Crippen LogP contribution >= 0.6 is 130 Å². The molecule has 0 amide bonds. The van der Waals surface area contributed by atoms with E-state index in [-0.39, 0.29) is 98.5 Å². The average molecular weight is 1420 g/mol. The first-order valence-electron chi connectivity index (χ1n) is 21.2. The third-order valence-corrected chi connectivity index (χ3v) is 23.5. The van der Waals surface area contributed by atoms with Gasteiger partial charge in [0.25, 0.3) is 56.4 Å². The van der Waals surface area contributed by atoms with Crippen molar-refractivity contribution in [1.29, 1.82) is 0 Å². The van der Waals surface area contributed by atoms with Gasteiger partial charge in [-0.1, -0.05) is 0 Å². The molecular formula is C29H62O32P16. The monoisotopic (exact) mass is 1420 g/mol. The molecule has 0 aliphatic heterocycles. The fraction of sp³-hybridized carbons (Fsp3) is 1.00. The topological polar surface area (TPSA) is 383 Å². The van der Waals surface area contributed by atoms with E-state index in [0.29, 0.717) is 0 Å². The van der Waals surface area contributed by atoms with Crippen molar-refractivity contribution in [3.8, 4) is 0 Å². The van der Waals surface area contributed by atoms with Crippen LogP contribution in [0.2, 0.25) is 0 Å². The molecule has 0 aromatic heterocycles. The summed E-state index contributed by atoms with van der Waals surface area (Å²) >= 11 is 0. The smallest absolute Gasteiger partial charge is 0.274 e. The zero-order chi connectivity index (χ0) is 57.3. The van der Waals surface area contributed by atoms with E-state index in [0.717, 1.165) is 0 Å². The molecule has 0 rings (SSSR count). The minimum Gasteiger partial charge on any atom is -0.379 e. The molecule has 0 aliphatic rings. The van der Waals surface area contributed by atoms with E-state index < -0.39 is 179 Å². The van der Waals surface area contributed by atoms with Crippen molar-refractivity contribution in [2.45, 2.75) is 55.9 Å². The Hall–Kier alpha value is 3.57. The molecule has 0 spiro atoms. The van der Waals surface area contributed by atoms with Gasteiger partial charge in [0.2, 0.25) is 65.1 Å². The summed E-state index contributed by atoms with van der Waals surface area (Å²) in [5.74, 6) is 0. The lowest BCUT2D eigenvalue weighted by atomic mass is 10.2. The van der Waals surface area contributed by atoms with E-state index in [4.69, 9.17) is 116 Å². The lowest BCUT2D eigenvalue weighted by Gasteiger charge is -2.24. The van der Waals surface area contributed by atoms with E-state index >= 15 is 0 Å². The Morgan fingerprint density at radius 3 is 0.948 bits per heavy atom. The van der Waals surface area contributed by atoms with E-state index in [9.17, 15) is 32.0 Å². The van der Waals surface area contributed by atoms with Crippen molar-refractivity contribution in [3.63, 3.8) is 0 Å². The summed E-state index contributed by atoms with van der Waals surface area (Å²) in [6, 6.07) is 0. The molecule has 0 aromatic carbocycles. The number of hydrogen-bond donors (Lipinski definition) is 3. The quantitative estimate of drug-likeness (QED) is 0.0167. The molecule has 15 atom stereocenters. The van der Waals surface area contributed by atoms with Crippen LogP contribution < -0.4 is 0 Å². The van der Waals surface area contributed by atoms with Crippen molar-refractivity contribution >= 4 is 130 Å². The molecule has 0 aromatic rings. The summed E-state index contributed by atoms with van der Waals surface area (Å²) in [4.78, 5) is 5.31. The molecule has 450 valence electrons. The Kier molecular flexibility index (Phi) is 60.0. The second-order valence-corrected chi connectivity index (χ2v) is 33.8. The number of hydrogen-bond acceptors (Lipinski definition) is 32. The zero-order valence-electron chi connectivity index (χ0n) is 41.7. The van der Waals surface area contributed by atoms with Gasteiger partial charge >= 0.3 is 0 Å². The molecular weight excluding hydrogens is 1360 g/mol. The lowest BCUT2D eigenvalue weighted by Crippen LogP contribution is -2.30. The Labute approximate surface area is 467 Å². The van der Waals surface area contributed by atoms with Crippen LogP contribution in [0.1, 0.15) is 19.3 Å². The highest BCUT2D eigenvalue weighted by atomic mass is 32.1. The fourth-order valence-corrected chi connectivity index (χ4v) is 14.3. The van der Waals surface area contributed by atoms with Gasteiger partial charge in [-0.05, 0) is 28.2 Å². The SMILES string of the molecule is COP(OC(CCOCC(COCC(COP(OCO)P=O)OOP(P)OCO)OP(OC)P=O)COCCC(COCCC(COCC(COP(OCO)P=O)OP(OC)P=O)OP(OC)P=O)OP(OC)P=O)P=O. The Balaban J connectivity index is 5.71. The normalized spacial score (nSPS) is 18.0. The largest absolute Gasteiger partial charge is 0.379 e. The number of ether oxygens (including phenoxy) is 5. The molecule has 0 heterocycles. The lowest BCUT2D eigenvalue weighted by molar-refractivity contribution is -0.261. The van der Waals surface area contributed by atoms with Gasteiger partial charge in [0.05, 0.1) is 77.8 Å². The van der Waals surface area contributed by atoms with E-state index in [1.165, 1.54) is 35.5 Å². The van der Waals surface area contributed by atoms with Crippen LogP contribution in [0.4, 0.5) is 0 Å². The second-order valence-electron chi connectivity index (χ2n) is 12.9. The minimum absolute atomic E-state index is 0.0363. The van der Waals surface area contributed by atoms with Gasteiger partial charge in [-0.3, -0.25) is 41.0 Å². The van der Waals surface area contributed by atoms with Crippen molar-refractivity contribution in [1.82, 2.24) is 0 Å². The summed E-state index contributed by atoms with van der Waals surface area (Å²) < 4.78 is 196. The number of rotatable bonds is 60. The van der Waals surface area contributed by atoms with Crippen LogP contribution in [-0.4, -0.2) is 187 Å². The van der Waals surface area contributed by atoms with Gasteiger partial charge < -0.3 is 97.8 Å². The van der Waals surface area contributed by atoms with Gasteiger partial charge in [-0.25, -0.2) is 4.89 Å². The molecule has 32 nitrogen and oxygen atoms in total. The van der Waals surface area contributed by atoms with Crippen LogP contribution in [0.25, 0.3) is 0 Å². The van der Waals surface area contributed by atoms with E-state index in [2.05, 4.69) is 8.93 Å². The third-order valence-electron chi connectivity index (χ3n) is 7.84. The molecule has 0 saturated heterocycles. The Morgan fingerprint density at radius 1 is 0.351 bits per heavy atom. The molecule has 48 heteroatoms. The Morgan fingerprint density at radius 2 is 0.623 bits per heavy atom. The first-order valence-corrected chi connectivity index (χ1v) is 42.8. The van der Waals surface area contributed by atoms with Gasteiger partial charge in [0.15, 0.2) is 13.6 Å². The molecule has 77 heavy (non-hydrogen) atoms. The fourth-order valence-electron chi connectivity index (χ4n) is 4.63. The van der Waals surface area contributed by atoms with E-state index in [1.54, 1.807) is 0 Å². The Bertz CT molecular complexity index is 1480. The first-order chi connectivity index (χ1) is 37.4. The molecule has 0 bridgehead atoms.